The fourth-order valence-electron chi connectivity index (χ4n) is 3.06. The van der Waals surface area contributed by atoms with Crippen LogP contribution in [-0.2, 0) is 20.8 Å². The first kappa shape index (κ1) is 21.3. The summed E-state index contributed by atoms with van der Waals surface area (Å²) in [4.78, 5) is 36.3. The molecule has 0 saturated carbocycles. The van der Waals surface area contributed by atoms with Crippen molar-refractivity contribution in [1.82, 2.24) is 10.2 Å². The second kappa shape index (κ2) is 8.13. The van der Waals surface area contributed by atoms with Crippen molar-refractivity contribution in [3.8, 4) is 0 Å². The number of nitro benzene ring substituents is 1. The van der Waals surface area contributed by atoms with Crippen LogP contribution >= 0.6 is 11.6 Å². The molecule has 2 heterocycles. The Hall–Kier alpha value is -2.43. The number of nitro groups is 1. The van der Waals surface area contributed by atoms with Crippen LogP contribution in [0.2, 0.25) is 5.02 Å². The van der Waals surface area contributed by atoms with Crippen molar-refractivity contribution in [3.05, 3.63) is 38.4 Å². The van der Waals surface area contributed by atoms with Crippen molar-refractivity contribution in [2.75, 3.05) is 19.8 Å². The van der Waals surface area contributed by atoms with Crippen LogP contribution in [0.5, 0.6) is 0 Å². The number of carbonyl (C=O) groups is 2. The molecule has 0 atom stereocenters. The van der Waals surface area contributed by atoms with Crippen molar-refractivity contribution in [2.45, 2.75) is 45.2 Å². The maximum absolute atomic E-state index is 12.6. The molecule has 2 aliphatic rings. The van der Waals surface area contributed by atoms with Crippen LogP contribution in [0, 0.1) is 10.1 Å². The van der Waals surface area contributed by atoms with Crippen molar-refractivity contribution >= 4 is 29.3 Å². The molecule has 158 valence electrons. The molecule has 0 aromatic heterocycles. The zero-order valence-electron chi connectivity index (χ0n) is 16.3. The van der Waals surface area contributed by atoms with Gasteiger partial charge in [-0.3, -0.25) is 14.9 Å². The summed E-state index contributed by atoms with van der Waals surface area (Å²) in [6.45, 7) is 6.06. The molecule has 0 spiro atoms. The van der Waals surface area contributed by atoms with E-state index in [9.17, 15) is 19.7 Å². The van der Waals surface area contributed by atoms with E-state index in [0.29, 0.717) is 11.1 Å². The number of nitrogens with one attached hydrogen (secondary N) is 1. The highest BCUT2D eigenvalue weighted by atomic mass is 35.5. The molecule has 2 amide bonds. The molecular weight excluding hydrogens is 406 g/mol. The van der Waals surface area contributed by atoms with Gasteiger partial charge in [-0.05, 0) is 32.4 Å². The van der Waals surface area contributed by atoms with E-state index in [1.807, 2.05) is 0 Å². The second-order valence-electron chi connectivity index (χ2n) is 7.84. The van der Waals surface area contributed by atoms with Crippen LogP contribution in [0.3, 0.4) is 0 Å². The van der Waals surface area contributed by atoms with Crippen LogP contribution in [0.25, 0.3) is 0 Å². The highest BCUT2D eigenvalue weighted by molar-refractivity contribution is 6.33. The Balaban J connectivity index is 1.53. The minimum Gasteiger partial charge on any atom is -0.444 e. The van der Waals surface area contributed by atoms with Gasteiger partial charge in [0.05, 0.1) is 30.7 Å². The van der Waals surface area contributed by atoms with Gasteiger partial charge < -0.3 is 24.4 Å². The topological polar surface area (TPSA) is 120 Å². The lowest BCUT2D eigenvalue weighted by molar-refractivity contribution is -0.384. The summed E-state index contributed by atoms with van der Waals surface area (Å²) in [5.74, 6) is -0.294. The summed E-state index contributed by atoms with van der Waals surface area (Å²) in [7, 11) is 0. The van der Waals surface area contributed by atoms with Crippen molar-refractivity contribution < 1.29 is 28.7 Å². The number of fused-ring (bicyclic) bond motifs is 1. The van der Waals surface area contributed by atoms with E-state index >= 15 is 0 Å². The normalized spacial score (nSPS) is 21.7. The molecule has 1 fully saturated rings. The van der Waals surface area contributed by atoms with Gasteiger partial charge in [0.25, 0.3) is 11.6 Å². The molecule has 2 aliphatic heterocycles. The molecule has 0 aliphatic carbocycles. The fourth-order valence-corrected chi connectivity index (χ4v) is 3.29. The quantitative estimate of drug-likeness (QED) is 0.578. The third kappa shape index (κ3) is 5.14. The van der Waals surface area contributed by atoms with Gasteiger partial charge in [-0.25, -0.2) is 4.79 Å². The Morgan fingerprint density at radius 2 is 2.03 bits per heavy atom. The van der Waals surface area contributed by atoms with Crippen LogP contribution < -0.4 is 5.32 Å². The van der Waals surface area contributed by atoms with Gasteiger partial charge in [-0.1, -0.05) is 11.6 Å². The number of nitrogens with zero attached hydrogens (tertiary/aromatic N) is 2. The number of rotatable bonds is 4. The summed E-state index contributed by atoms with van der Waals surface area (Å²) in [6, 6.07) is 2.27. The van der Waals surface area contributed by atoms with Gasteiger partial charge in [-0.2, -0.15) is 0 Å². The van der Waals surface area contributed by atoms with E-state index in [-0.39, 0.29) is 49.0 Å². The molecular formula is C18H22ClN3O7. The molecule has 0 radical (unpaired) electrons. The zero-order chi connectivity index (χ0) is 21.3. The van der Waals surface area contributed by atoms with E-state index in [4.69, 9.17) is 25.8 Å². The fraction of sp³-hybridized carbons (Fsp3) is 0.556. The second-order valence-corrected chi connectivity index (χ2v) is 8.25. The van der Waals surface area contributed by atoms with Crippen molar-refractivity contribution in [2.24, 2.45) is 0 Å². The molecule has 0 bridgehead atoms. The number of amides is 2. The lowest BCUT2D eigenvalue weighted by atomic mass is 10.1. The van der Waals surface area contributed by atoms with Gasteiger partial charge in [0.2, 0.25) is 0 Å². The summed E-state index contributed by atoms with van der Waals surface area (Å²) in [5.41, 5.74) is 0.0278. The predicted octanol–water partition coefficient (Wildman–Crippen LogP) is 2.47. The largest absolute Gasteiger partial charge is 0.444 e. The average Bonchev–Trinajstić information content (AvgIpc) is 2.89. The van der Waals surface area contributed by atoms with Gasteiger partial charge in [0.1, 0.15) is 10.6 Å². The number of ether oxygens (including phenoxy) is 3. The number of hydrogen-bond donors (Lipinski definition) is 1. The van der Waals surface area contributed by atoms with Crippen molar-refractivity contribution in [1.29, 1.82) is 0 Å². The number of halogens is 1. The van der Waals surface area contributed by atoms with Crippen LogP contribution in [-0.4, -0.2) is 59.5 Å². The zero-order valence-corrected chi connectivity index (χ0v) is 17.0. The lowest BCUT2D eigenvalue weighted by Gasteiger charge is -2.32. The molecule has 1 saturated heterocycles. The Bertz CT molecular complexity index is 831. The summed E-state index contributed by atoms with van der Waals surface area (Å²) in [6.07, 6.45) is -1.23. The van der Waals surface area contributed by atoms with E-state index in [1.165, 1.54) is 17.0 Å². The highest BCUT2D eigenvalue weighted by Crippen LogP contribution is 2.33. The molecule has 3 rings (SSSR count). The molecule has 1 aromatic rings. The molecule has 1 N–H and O–H groups in total. The van der Waals surface area contributed by atoms with Gasteiger partial charge >= 0.3 is 6.09 Å². The minimum absolute atomic E-state index is 0.0785. The minimum atomic E-state index is -0.671. The molecule has 0 unspecified atom stereocenters. The van der Waals surface area contributed by atoms with Crippen molar-refractivity contribution in [3.63, 3.8) is 0 Å². The smallest absolute Gasteiger partial charge is 0.408 e. The standard InChI is InChI=1S/C18H22ClN3O7/c1-18(2,3)29-17(24)20-11-8-27-15(28-9-11)7-21-6-10-4-14(22(25)26)13(19)5-12(10)16(21)23/h4-5,11,15H,6-9H2,1-3H3,(H,20,24). The monoisotopic (exact) mass is 427 g/mol. The average molecular weight is 428 g/mol. The predicted molar refractivity (Wildman–Crippen MR) is 102 cm³/mol. The number of carbonyl (C=O) groups excluding carboxylic acids is 2. The number of alkyl carbamates (subject to hydrolysis) is 1. The lowest BCUT2D eigenvalue weighted by Crippen LogP contribution is -2.50. The Morgan fingerprint density at radius 1 is 1.38 bits per heavy atom. The van der Waals surface area contributed by atoms with Crippen LogP contribution in [0.4, 0.5) is 10.5 Å². The Morgan fingerprint density at radius 3 is 2.62 bits per heavy atom. The maximum Gasteiger partial charge on any atom is 0.408 e. The summed E-state index contributed by atoms with van der Waals surface area (Å²) in [5, 5.41) is 13.6. The first-order valence-electron chi connectivity index (χ1n) is 9.02. The first-order chi connectivity index (χ1) is 13.5. The third-order valence-corrected chi connectivity index (χ3v) is 4.61. The first-order valence-corrected chi connectivity index (χ1v) is 9.40. The van der Waals surface area contributed by atoms with E-state index < -0.39 is 22.9 Å². The van der Waals surface area contributed by atoms with Gasteiger partial charge in [0.15, 0.2) is 6.29 Å². The molecule has 10 nitrogen and oxygen atoms in total. The Labute approximate surface area is 172 Å². The third-order valence-electron chi connectivity index (χ3n) is 4.31. The van der Waals surface area contributed by atoms with Gasteiger partial charge in [0, 0.05) is 18.2 Å². The summed E-state index contributed by atoms with van der Waals surface area (Å²) < 4.78 is 16.4. The SMILES string of the molecule is CC(C)(C)OC(=O)NC1COC(CN2Cc3cc([N+](=O)[O-])c(Cl)cc3C2=O)OC1. The van der Waals surface area contributed by atoms with Crippen LogP contribution in [0.15, 0.2) is 12.1 Å². The van der Waals surface area contributed by atoms with Gasteiger partial charge in [-0.15, -0.1) is 0 Å². The number of benzene rings is 1. The van der Waals surface area contributed by atoms with Crippen LogP contribution in [0.1, 0.15) is 36.7 Å². The summed E-state index contributed by atoms with van der Waals surface area (Å²) >= 11 is 5.90. The Kier molecular flexibility index (Phi) is 5.97. The van der Waals surface area contributed by atoms with E-state index in [1.54, 1.807) is 20.8 Å². The van der Waals surface area contributed by atoms with E-state index in [0.717, 1.165) is 0 Å². The molecule has 1 aromatic carbocycles. The maximum atomic E-state index is 12.6. The number of hydrogen-bond acceptors (Lipinski definition) is 7. The highest BCUT2D eigenvalue weighted by Gasteiger charge is 2.34. The van der Waals surface area contributed by atoms with E-state index in [2.05, 4.69) is 5.32 Å². The molecule has 29 heavy (non-hydrogen) atoms. The molecule has 11 heteroatoms.